The van der Waals surface area contributed by atoms with Crippen LogP contribution >= 0.6 is 15.9 Å². The van der Waals surface area contributed by atoms with Crippen LogP contribution in [0.5, 0.6) is 11.5 Å². The van der Waals surface area contributed by atoms with Gasteiger partial charge in [-0.05, 0) is 26.0 Å². The van der Waals surface area contributed by atoms with Gasteiger partial charge in [-0.2, -0.15) is 0 Å². The molecule has 0 spiro atoms. The van der Waals surface area contributed by atoms with Crippen molar-refractivity contribution in [1.82, 2.24) is 24.8 Å². The number of benzene rings is 3. The van der Waals surface area contributed by atoms with Gasteiger partial charge < -0.3 is 34.7 Å². The second-order valence-electron chi connectivity index (χ2n) is 12.1. The maximum Gasteiger partial charge on any atom is 0.305 e. The normalized spacial score (nSPS) is 23.5. The smallest absolute Gasteiger partial charge is 0.305 e. The maximum atomic E-state index is 13.7. The molecule has 2 fully saturated rings. The number of nitrogen functional groups attached to an aromatic ring is 1. The molecule has 3 N–H and O–H groups in total. The average Bonchev–Trinajstić information content (AvgIpc) is 3.84. The van der Waals surface area contributed by atoms with Crippen LogP contribution in [0.3, 0.4) is 0 Å². The average molecular weight is 712 g/mol. The van der Waals surface area contributed by atoms with Crippen molar-refractivity contribution < 1.29 is 28.5 Å². The zero-order chi connectivity index (χ0) is 33.0. The number of nitrogens with two attached hydrogens (primary N) is 1. The first-order chi connectivity index (χ1) is 23.2. The zero-order valence-corrected chi connectivity index (χ0v) is 27.5. The number of hydrogen-bond donors (Lipinski definition) is 2. The number of fused-ring (bicyclic) bond motifs is 3. The molecule has 4 atom stereocenters. The molecule has 13 heteroatoms. The van der Waals surface area contributed by atoms with Gasteiger partial charge >= 0.3 is 5.79 Å². The molecule has 48 heavy (non-hydrogen) atoms. The fraction of sp³-hybridized carbons (Fsp3) is 0.257. The molecule has 244 valence electrons. The van der Waals surface area contributed by atoms with Crippen molar-refractivity contribution in [1.29, 1.82) is 0 Å². The molecule has 8 rings (SSSR count). The lowest BCUT2D eigenvalue weighted by Gasteiger charge is -2.28. The Morgan fingerprint density at radius 1 is 0.979 bits per heavy atom. The zero-order valence-electron chi connectivity index (χ0n) is 25.9. The summed E-state index contributed by atoms with van der Waals surface area (Å²) in [6.07, 6.45) is 4.81. The highest BCUT2D eigenvalue weighted by atomic mass is 79.9. The summed E-state index contributed by atoms with van der Waals surface area (Å²) >= 11 is 3.54. The summed E-state index contributed by atoms with van der Waals surface area (Å²) in [5, 5.41) is 2.98. The molecule has 1 amide bonds. The summed E-state index contributed by atoms with van der Waals surface area (Å²) in [5.74, 6) is -1.32. The van der Waals surface area contributed by atoms with Gasteiger partial charge in [0.25, 0.3) is 5.91 Å². The van der Waals surface area contributed by atoms with E-state index in [1.165, 1.54) is 6.33 Å². The molecule has 5 heterocycles. The van der Waals surface area contributed by atoms with E-state index in [0.29, 0.717) is 32.7 Å². The molecule has 3 aliphatic rings. The van der Waals surface area contributed by atoms with E-state index < -0.39 is 36.1 Å². The highest BCUT2D eigenvalue weighted by Crippen LogP contribution is 2.50. The number of nitrogens with one attached hydrogen (secondary N) is 1. The number of imidazole rings is 1. The van der Waals surface area contributed by atoms with Gasteiger partial charge in [0, 0.05) is 22.1 Å². The standard InChI is InChI=1S/C35H31BrN6O6/c1-34(2)46-28-24(44-33(29(28)47-34)42-19-41-26-30(37)39-18-40-31(26)42)14-9-15-38-32(43)23-16-22(36)17-25-27(23)48-35(45-25,20-10-5-3-6-11-20)21-12-7-4-8-13-21/h3-14,16-19,24,28-29,33H,15H2,1-2H3,(H,38,43)(H2,37,39,40)/t24-,28-,29-,33-/m1/s1. The van der Waals surface area contributed by atoms with E-state index in [1.54, 1.807) is 23.0 Å². The Bertz CT molecular complexity index is 2000. The van der Waals surface area contributed by atoms with Crippen molar-refractivity contribution in [2.24, 2.45) is 0 Å². The van der Waals surface area contributed by atoms with Crippen LogP contribution in [0.25, 0.3) is 11.2 Å². The molecule has 5 aromatic rings. The minimum Gasteiger partial charge on any atom is -0.440 e. The first-order valence-electron chi connectivity index (χ1n) is 15.4. The number of nitrogens with zero attached hydrogens (tertiary/aromatic N) is 4. The third-order valence-electron chi connectivity index (χ3n) is 8.50. The van der Waals surface area contributed by atoms with Gasteiger partial charge in [-0.25, -0.2) is 15.0 Å². The predicted octanol–water partition coefficient (Wildman–Crippen LogP) is 5.25. The molecule has 3 aliphatic heterocycles. The number of rotatable bonds is 7. The molecule has 0 aliphatic carbocycles. The number of amides is 1. The van der Waals surface area contributed by atoms with E-state index in [9.17, 15) is 4.79 Å². The Kier molecular flexibility index (Phi) is 7.44. The molecule has 12 nitrogen and oxygen atoms in total. The summed E-state index contributed by atoms with van der Waals surface area (Å²) < 4.78 is 34.5. The number of halogens is 1. The fourth-order valence-corrected chi connectivity index (χ4v) is 6.88. The molecule has 0 saturated carbocycles. The largest absolute Gasteiger partial charge is 0.440 e. The third-order valence-corrected chi connectivity index (χ3v) is 8.96. The molecule has 3 aromatic carbocycles. The molecule has 2 aromatic heterocycles. The summed E-state index contributed by atoms with van der Waals surface area (Å²) in [6.45, 7) is 3.94. The third kappa shape index (κ3) is 5.19. The summed E-state index contributed by atoms with van der Waals surface area (Å²) in [7, 11) is 0. The lowest BCUT2D eigenvalue weighted by atomic mass is 9.97. The minimum atomic E-state index is -1.26. The van der Waals surface area contributed by atoms with Crippen LogP contribution in [0.4, 0.5) is 5.82 Å². The Balaban J connectivity index is 1.01. The van der Waals surface area contributed by atoms with Crippen molar-refractivity contribution >= 4 is 38.8 Å². The molecule has 2 saturated heterocycles. The highest BCUT2D eigenvalue weighted by molar-refractivity contribution is 9.10. The Morgan fingerprint density at radius 2 is 1.69 bits per heavy atom. The van der Waals surface area contributed by atoms with Crippen LogP contribution in [0, 0.1) is 0 Å². The molecular weight excluding hydrogens is 680 g/mol. The second-order valence-corrected chi connectivity index (χ2v) is 13.0. The number of aromatic nitrogens is 4. The lowest BCUT2D eigenvalue weighted by molar-refractivity contribution is -0.191. The fourth-order valence-electron chi connectivity index (χ4n) is 6.45. The van der Waals surface area contributed by atoms with Crippen LogP contribution < -0.4 is 20.5 Å². The minimum absolute atomic E-state index is 0.216. The topological polar surface area (TPSA) is 145 Å². The maximum absolute atomic E-state index is 13.7. The van der Waals surface area contributed by atoms with Gasteiger partial charge in [-0.3, -0.25) is 9.36 Å². The van der Waals surface area contributed by atoms with Crippen LogP contribution in [0.1, 0.15) is 41.6 Å². The van der Waals surface area contributed by atoms with Gasteiger partial charge in [0.2, 0.25) is 0 Å². The summed E-state index contributed by atoms with van der Waals surface area (Å²) in [6, 6.07) is 22.9. The van der Waals surface area contributed by atoms with E-state index in [-0.39, 0.29) is 18.3 Å². The number of carbonyl (C=O) groups is 1. The van der Waals surface area contributed by atoms with Gasteiger partial charge in [-0.1, -0.05) is 88.7 Å². The predicted molar refractivity (Wildman–Crippen MR) is 178 cm³/mol. The van der Waals surface area contributed by atoms with Gasteiger partial charge in [-0.15, -0.1) is 0 Å². The van der Waals surface area contributed by atoms with Crippen LogP contribution in [0.15, 0.2) is 102 Å². The van der Waals surface area contributed by atoms with E-state index in [0.717, 1.165) is 11.1 Å². The van der Waals surface area contributed by atoms with E-state index >= 15 is 0 Å². The van der Waals surface area contributed by atoms with Crippen molar-refractivity contribution in [2.75, 3.05) is 12.3 Å². The molecule has 0 radical (unpaired) electrons. The summed E-state index contributed by atoms with van der Waals surface area (Å²) in [5.41, 5.74) is 8.96. The first kappa shape index (κ1) is 30.5. The van der Waals surface area contributed by atoms with E-state index in [1.807, 2.05) is 86.7 Å². The molecule has 0 unspecified atom stereocenters. The quantitative estimate of drug-likeness (QED) is 0.215. The first-order valence-corrected chi connectivity index (χ1v) is 16.2. The lowest BCUT2D eigenvalue weighted by Crippen LogP contribution is -2.37. The van der Waals surface area contributed by atoms with Gasteiger partial charge in [0.15, 0.2) is 35.0 Å². The Labute approximate surface area is 284 Å². The number of hydrogen-bond acceptors (Lipinski definition) is 10. The van der Waals surface area contributed by atoms with Crippen LogP contribution in [-0.2, 0) is 20.0 Å². The number of carbonyl (C=O) groups excluding carboxylic acids is 1. The van der Waals surface area contributed by atoms with E-state index in [2.05, 4.69) is 36.2 Å². The van der Waals surface area contributed by atoms with Crippen LogP contribution in [-0.4, -0.2) is 56.1 Å². The summed E-state index contributed by atoms with van der Waals surface area (Å²) in [4.78, 5) is 26.4. The highest BCUT2D eigenvalue weighted by Gasteiger charge is 2.55. The van der Waals surface area contributed by atoms with Crippen molar-refractivity contribution in [3.05, 3.63) is 119 Å². The van der Waals surface area contributed by atoms with Gasteiger partial charge in [0.1, 0.15) is 30.2 Å². The molecule has 0 bridgehead atoms. The van der Waals surface area contributed by atoms with E-state index in [4.69, 9.17) is 29.4 Å². The van der Waals surface area contributed by atoms with Gasteiger partial charge in [0.05, 0.1) is 11.9 Å². The Morgan fingerprint density at radius 3 is 2.42 bits per heavy atom. The number of ether oxygens (including phenoxy) is 5. The number of anilines is 1. The van der Waals surface area contributed by atoms with Crippen LogP contribution in [0.2, 0.25) is 0 Å². The molecular formula is C35H31BrN6O6. The Hall–Kier alpha value is -4.82. The SMILES string of the molecule is CC1(C)O[C@@H]2[C@H](O1)[C@@H](C=CCNC(=O)c1cc(Br)cc3c1OC(c1ccccc1)(c1ccccc1)O3)O[C@H]2n1cnc2c(N)ncnc21. The van der Waals surface area contributed by atoms with Crippen molar-refractivity contribution in [3.63, 3.8) is 0 Å². The monoisotopic (exact) mass is 710 g/mol. The van der Waals surface area contributed by atoms with Crippen molar-refractivity contribution in [3.8, 4) is 11.5 Å². The second kappa shape index (κ2) is 11.7. The van der Waals surface area contributed by atoms with Crippen molar-refractivity contribution in [2.45, 2.75) is 50.0 Å².